The summed E-state index contributed by atoms with van der Waals surface area (Å²) in [4.78, 5) is 39.8. The summed E-state index contributed by atoms with van der Waals surface area (Å²) in [6, 6.07) is 0. The SMILES string of the molecule is Nc1nc2c(ncn2C[C@H]2CO[C@@H](CP(=O)(O)O)O2)c(=O)[nH]1. The van der Waals surface area contributed by atoms with Crippen LogP contribution in [0.25, 0.3) is 11.2 Å². The smallest absolute Gasteiger partial charge is 0.330 e. The van der Waals surface area contributed by atoms with Crippen LogP contribution in [0.1, 0.15) is 0 Å². The molecule has 0 bridgehead atoms. The number of nitrogens with two attached hydrogens (primary N) is 1. The standard InChI is InChI=1S/C10H14N5O6P/c11-10-13-8-7(9(16)14-10)12-4-15(8)1-5-2-20-6(21-5)3-22(17,18)19/h4-6H,1-3H2,(H2,17,18,19)(H3,11,13,14,16)/t5-,6+/m0/s1. The van der Waals surface area contributed by atoms with Crippen molar-refractivity contribution < 1.29 is 23.8 Å². The van der Waals surface area contributed by atoms with Crippen molar-refractivity contribution in [2.24, 2.45) is 0 Å². The van der Waals surface area contributed by atoms with Crippen molar-refractivity contribution in [1.82, 2.24) is 19.5 Å². The second-order valence-corrected chi connectivity index (χ2v) is 6.58. The lowest BCUT2D eigenvalue weighted by Crippen LogP contribution is -2.21. The molecular weight excluding hydrogens is 317 g/mol. The van der Waals surface area contributed by atoms with Crippen molar-refractivity contribution in [3.8, 4) is 0 Å². The predicted octanol–water partition coefficient (Wildman–Crippen LogP) is -1.38. The number of anilines is 1. The molecule has 1 fully saturated rings. The molecule has 1 aliphatic heterocycles. The van der Waals surface area contributed by atoms with Crippen molar-refractivity contribution >= 4 is 24.7 Å². The Labute approximate surface area is 123 Å². The largest absolute Gasteiger partial charge is 0.369 e. The van der Waals surface area contributed by atoms with E-state index in [0.717, 1.165) is 0 Å². The number of nitrogen functional groups attached to an aromatic ring is 1. The maximum Gasteiger partial charge on any atom is 0.330 e. The quantitative estimate of drug-likeness (QED) is 0.494. The Morgan fingerprint density at radius 2 is 2.32 bits per heavy atom. The molecule has 12 heteroatoms. The predicted molar refractivity (Wildman–Crippen MR) is 74.1 cm³/mol. The molecule has 2 aromatic rings. The summed E-state index contributed by atoms with van der Waals surface area (Å²) in [6.45, 7) is 0.438. The molecule has 1 aliphatic rings. The maximum atomic E-state index is 11.7. The van der Waals surface area contributed by atoms with E-state index in [-0.39, 0.29) is 24.6 Å². The first kappa shape index (κ1) is 15.1. The van der Waals surface area contributed by atoms with Crippen LogP contribution in [0.2, 0.25) is 0 Å². The van der Waals surface area contributed by atoms with Gasteiger partial charge in [0.1, 0.15) is 12.3 Å². The summed E-state index contributed by atoms with van der Waals surface area (Å²) < 4.78 is 23.1. The van der Waals surface area contributed by atoms with E-state index in [4.69, 9.17) is 25.0 Å². The Morgan fingerprint density at radius 1 is 1.55 bits per heavy atom. The number of H-pyrrole nitrogens is 1. The lowest BCUT2D eigenvalue weighted by Gasteiger charge is -2.12. The second kappa shape index (κ2) is 5.45. The van der Waals surface area contributed by atoms with Gasteiger partial charge in [0.2, 0.25) is 5.95 Å². The van der Waals surface area contributed by atoms with Crippen molar-refractivity contribution in [2.75, 3.05) is 18.5 Å². The zero-order valence-electron chi connectivity index (χ0n) is 11.2. The molecule has 0 aromatic carbocycles. The molecule has 3 heterocycles. The fraction of sp³-hybridized carbons (Fsp3) is 0.500. The third kappa shape index (κ3) is 3.18. The van der Waals surface area contributed by atoms with Crippen LogP contribution < -0.4 is 11.3 Å². The monoisotopic (exact) mass is 331 g/mol. The molecule has 1 saturated heterocycles. The average Bonchev–Trinajstić information content (AvgIpc) is 2.96. The third-order valence-corrected chi connectivity index (χ3v) is 3.87. The number of nitrogens with one attached hydrogen (secondary N) is 1. The molecule has 5 N–H and O–H groups in total. The van der Waals surface area contributed by atoms with Gasteiger partial charge in [-0.2, -0.15) is 4.98 Å². The minimum absolute atomic E-state index is 0.0257. The molecule has 3 rings (SSSR count). The van der Waals surface area contributed by atoms with Gasteiger partial charge in [-0.3, -0.25) is 14.3 Å². The number of hydrogen-bond donors (Lipinski definition) is 4. The van der Waals surface area contributed by atoms with Gasteiger partial charge in [0.15, 0.2) is 17.5 Å². The minimum Gasteiger partial charge on any atom is -0.369 e. The molecule has 120 valence electrons. The van der Waals surface area contributed by atoms with E-state index >= 15 is 0 Å². The summed E-state index contributed by atoms with van der Waals surface area (Å²) in [7, 11) is -4.21. The number of rotatable bonds is 4. The van der Waals surface area contributed by atoms with Gasteiger partial charge in [-0.05, 0) is 0 Å². The molecule has 11 nitrogen and oxygen atoms in total. The van der Waals surface area contributed by atoms with Crippen molar-refractivity contribution in [1.29, 1.82) is 0 Å². The topological polar surface area (TPSA) is 166 Å². The highest BCUT2D eigenvalue weighted by molar-refractivity contribution is 7.51. The number of aromatic amines is 1. The molecule has 2 atom stereocenters. The number of imidazole rings is 1. The minimum atomic E-state index is -4.21. The fourth-order valence-electron chi connectivity index (χ4n) is 2.22. The Kier molecular flexibility index (Phi) is 3.75. The van der Waals surface area contributed by atoms with Gasteiger partial charge in [-0.25, -0.2) is 4.98 Å². The van der Waals surface area contributed by atoms with Crippen LogP contribution in [0.4, 0.5) is 5.95 Å². The lowest BCUT2D eigenvalue weighted by atomic mass is 10.4. The molecule has 0 saturated carbocycles. The van der Waals surface area contributed by atoms with Crippen LogP contribution in [0.15, 0.2) is 11.1 Å². The Morgan fingerprint density at radius 3 is 3.05 bits per heavy atom. The number of ether oxygens (including phenoxy) is 2. The highest BCUT2D eigenvalue weighted by atomic mass is 31.2. The van der Waals surface area contributed by atoms with E-state index in [1.165, 1.54) is 6.33 Å². The first-order valence-corrected chi connectivity index (χ1v) is 8.14. The zero-order chi connectivity index (χ0) is 15.9. The molecule has 2 aromatic heterocycles. The Bertz CT molecular complexity index is 797. The summed E-state index contributed by atoms with van der Waals surface area (Å²) in [6.07, 6.45) is -0.469. The number of fused-ring (bicyclic) bond motifs is 1. The Hall–Kier alpha value is -1.78. The summed E-state index contributed by atoms with van der Waals surface area (Å²) in [5.74, 6) is -0.0257. The maximum absolute atomic E-state index is 11.7. The summed E-state index contributed by atoms with van der Waals surface area (Å²) in [5, 5.41) is 0. The number of nitrogens with zero attached hydrogens (tertiary/aromatic N) is 3. The molecular formula is C10H14N5O6P. The molecule has 0 amide bonds. The van der Waals surface area contributed by atoms with Gasteiger partial charge in [-0.1, -0.05) is 0 Å². The summed E-state index contributed by atoms with van der Waals surface area (Å²) in [5.41, 5.74) is 5.52. The second-order valence-electron chi connectivity index (χ2n) is 4.89. The van der Waals surface area contributed by atoms with Crippen LogP contribution in [0.3, 0.4) is 0 Å². The molecule has 22 heavy (non-hydrogen) atoms. The molecule has 0 unspecified atom stereocenters. The van der Waals surface area contributed by atoms with Crippen LogP contribution >= 0.6 is 7.60 Å². The van der Waals surface area contributed by atoms with E-state index in [2.05, 4.69) is 15.0 Å². The molecule has 0 spiro atoms. The molecule has 0 radical (unpaired) electrons. The van der Waals surface area contributed by atoms with E-state index in [9.17, 15) is 9.36 Å². The van der Waals surface area contributed by atoms with E-state index in [0.29, 0.717) is 5.65 Å². The van der Waals surface area contributed by atoms with Crippen LogP contribution in [-0.4, -0.2) is 54.5 Å². The fourth-order valence-corrected chi connectivity index (χ4v) is 2.80. The van der Waals surface area contributed by atoms with Gasteiger partial charge >= 0.3 is 7.60 Å². The highest BCUT2D eigenvalue weighted by Crippen LogP contribution is 2.37. The van der Waals surface area contributed by atoms with Crippen molar-refractivity contribution in [3.05, 3.63) is 16.7 Å². The van der Waals surface area contributed by atoms with Gasteiger partial charge in [-0.15, -0.1) is 0 Å². The third-order valence-electron chi connectivity index (χ3n) is 3.09. The lowest BCUT2D eigenvalue weighted by molar-refractivity contribution is -0.0442. The van der Waals surface area contributed by atoms with E-state index < -0.39 is 31.7 Å². The summed E-state index contributed by atoms with van der Waals surface area (Å²) >= 11 is 0. The number of aromatic nitrogens is 4. The Balaban J connectivity index is 1.75. The highest BCUT2D eigenvalue weighted by Gasteiger charge is 2.32. The molecule has 0 aliphatic carbocycles. The van der Waals surface area contributed by atoms with E-state index in [1.807, 2.05) is 0 Å². The van der Waals surface area contributed by atoms with Crippen molar-refractivity contribution in [3.63, 3.8) is 0 Å². The van der Waals surface area contributed by atoms with E-state index in [1.54, 1.807) is 4.57 Å². The first-order chi connectivity index (χ1) is 10.3. The normalized spacial score (nSPS) is 22.5. The van der Waals surface area contributed by atoms with Gasteiger partial charge in [0.25, 0.3) is 5.56 Å². The first-order valence-electron chi connectivity index (χ1n) is 6.34. The zero-order valence-corrected chi connectivity index (χ0v) is 12.1. The number of hydrogen-bond acceptors (Lipinski definition) is 7. The average molecular weight is 331 g/mol. The van der Waals surface area contributed by atoms with Gasteiger partial charge < -0.3 is 29.6 Å². The van der Waals surface area contributed by atoms with Crippen LogP contribution in [-0.2, 0) is 20.6 Å². The van der Waals surface area contributed by atoms with Crippen LogP contribution in [0, 0.1) is 0 Å². The van der Waals surface area contributed by atoms with Crippen LogP contribution in [0.5, 0.6) is 0 Å². The van der Waals surface area contributed by atoms with Gasteiger partial charge in [0, 0.05) is 0 Å². The van der Waals surface area contributed by atoms with Gasteiger partial charge in [0.05, 0.1) is 19.5 Å². The van der Waals surface area contributed by atoms with Crippen molar-refractivity contribution in [2.45, 2.75) is 18.9 Å².